The molecule has 1 atom stereocenters. The second kappa shape index (κ2) is 7.26. The number of nitrogens with zero attached hydrogens (tertiary/aromatic N) is 2. The van der Waals surface area contributed by atoms with Crippen molar-refractivity contribution in [2.75, 3.05) is 6.54 Å². The second-order valence-corrected chi connectivity index (χ2v) is 5.47. The highest BCUT2D eigenvalue weighted by molar-refractivity contribution is 9.10. The monoisotopic (exact) mass is 351 g/mol. The molecule has 0 saturated carbocycles. The van der Waals surface area contributed by atoms with Gasteiger partial charge in [0.1, 0.15) is 0 Å². The third-order valence-corrected chi connectivity index (χ3v) is 3.41. The molecule has 0 fully saturated rings. The third-order valence-electron chi connectivity index (χ3n) is 2.87. The van der Waals surface area contributed by atoms with Crippen LogP contribution < -0.4 is 10.1 Å². The number of carbonyl (C=O) groups excluding carboxylic acids is 1. The summed E-state index contributed by atoms with van der Waals surface area (Å²) in [6, 6.07) is 9.71. The Labute approximate surface area is 132 Å². The van der Waals surface area contributed by atoms with E-state index < -0.39 is 6.10 Å². The molecule has 5 nitrogen and oxygen atoms in total. The molecule has 112 valence electrons. The van der Waals surface area contributed by atoms with Crippen LogP contribution in [-0.2, 0) is 4.79 Å². The fourth-order valence-electron chi connectivity index (χ4n) is 1.74. The molecule has 0 aliphatic heterocycles. The number of halogens is 1. The van der Waals surface area contributed by atoms with E-state index in [0.29, 0.717) is 16.9 Å². The van der Waals surface area contributed by atoms with Gasteiger partial charge in [-0.25, -0.2) is 4.68 Å². The predicted octanol–water partition coefficient (Wildman–Crippen LogP) is 2.93. The Bertz CT molecular complexity index is 598. The quantitative estimate of drug-likeness (QED) is 0.870. The maximum atomic E-state index is 11.8. The summed E-state index contributed by atoms with van der Waals surface area (Å²) < 4.78 is 8.03. The van der Waals surface area contributed by atoms with Crippen molar-refractivity contribution in [2.24, 2.45) is 0 Å². The second-order valence-electron chi connectivity index (χ2n) is 4.61. The van der Waals surface area contributed by atoms with Crippen LogP contribution in [-0.4, -0.2) is 28.3 Å². The molecule has 1 N–H and O–H groups in total. The van der Waals surface area contributed by atoms with Crippen molar-refractivity contribution in [3.63, 3.8) is 0 Å². The molecule has 0 aliphatic carbocycles. The minimum Gasteiger partial charge on any atom is -0.463 e. The van der Waals surface area contributed by atoms with E-state index in [0.717, 1.165) is 12.1 Å². The Kier molecular flexibility index (Phi) is 5.38. The molecule has 6 heteroatoms. The van der Waals surface area contributed by atoms with Crippen LogP contribution in [0.25, 0.3) is 5.69 Å². The lowest BCUT2D eigenvalue weighted by atomic mass is 10.3. The summed E-state index contributed by atoms with van der Waals surface area (Å²) in [4.78, 5) is 11.8. The van der Waals surface area contributed by atoms with E-state index in [9.17, 15) is 4.79 Å². The molecule has 1 amide bonds. The summed E-state index contributed by atoms with van der Waals surface area (Å²) in [5, 5.41) is 7.15. The maximum Gasteiger partial charge on any atom is 0.260 e. The Morgan fingerprint density at radius 1 is 1.43 bits per heavy atom. The Morgan fingerprint density at radius 2 is 2.14 bits per heavy atom. The predicted molar refractivity (Wildman–Crippen MR) is 84.7 cm³/mol. The fourth-order valence-corrected chi connectivity index (χ4v) is 2.11. The van der Waals surface area contributed by atoms with Crippen molar-refractivity contribution >= 4 is 21.8 Å². The number of benzene rings is 1. The van der Waals surface area contributed by atoms with Gasteiger partial charge in [-0.3, -0.25) is 4.79 Å². The zero-order valence-corrected chi connectivity index (χ0v) is 13.6. The fraction of sp³-hybridized carbons (Fsp3) is 0.333. The van der Waals surface area contributed by atoms with E-state index >= 15 is 0 Å². The number of para-hydroxylation sites is 1. The van der Waals surface area contributed by atoms with Gasteiger partial charge in [0.05, 0.1) is 10.2 Å². The summed E-state index contributed by atoms with van der Waals surface area (Å²) in [5.41, 5.74) is 0.927. The van der Waals surface area contributed by atoms with E-state index in [2.05, 4.69) is 26.3 Å². The number of nitrogens with one attached hydrogen (secondary N) is 1. The summed E-state index contributed by atoms with van der Waals surface area (Å²) >= 11 is 3.40. The van der Waals surface area contributed by atoms with Gasteiger partial charge in [0, 0.05) is 12.7 Å². The van der Waals surface area contributed by atoms with Crippen molar-refractivity contribution < 1.29 is 9.53 Å². The van der Waals surface area contributed by atoms with E-state index in [1.54, 1.807) is 17.8 Å². The van der Waals surface area contributed by atoms with Gasteiger partial charge in [0.25, 0.3) is 5.91 Å². The zero-order chi connectivity index (χ0) is 15.2. The summed E-state index contributed by atoms with van der Waals surface area (Å²) in [6.45, 7) is 4.36. The average Bonchev–Trinajstić information content (AvgIpc) is 2.86. The van der Waals surface area contributed by atoms with Crippen molar-refractivity contribution in [3.05, 3.63) is 41.0 Å². The highest BCUT2D eigenvalue weighted by Crippen LogP contribution is 2.25. The van der Waals surface area contributed by atoms with Crippen LogP contribution in [0.1, 0.15) is 20.3 Å². The lowest BCUT2D eigenvalue weighted by Gasteiger charge is -2.12. The first-order chi connectivity index (χ1) is 10.1. The van der Waals surface area contributed by atoms with E-state index in [1.807, 2.05) is 37.3 Å². The number of rotatable bonds is 6. The number of aromatic nitrogens is 2. The van der Waals surface area contributed by atoms with Crippen molar-refractivity contribution in [2.45, 2.75) is 26.4 Å². The molecule has 21 heavy (non-hydrogen) atoms. The molecule has 1 unspecified atom stereocenters. The van der Waals surface area contributed by atoms with Crippen molar-refractivity contribution in [3.8, 4) is 11.6 Å². The van der Waals surface area contributed by atoms with Gasteiger partial charge in [-0.15, -0.1) is 5.10 Å². The first-order valence-electron chi connectivity index (χ1n) is 6.86. The molecule has 1 aromatic carbocycles. The van der Waals surface area contributed by atoms with Crippen LogP contribution in [0.3, 0.4) is 0 Å². The van der Waals surface area contributed by atoms with Gasteiger partial charge in [0.15, 0.2) is 6.10 Å². The summed E-state index contributed by atoms with van der Waals surface area (Å²) in [5.74, 6) is 0.260. The summed E-state index contributed by atoms with van der Waals surface area (Å²) in [6.07, 6.45) is 2.11. The smallest absolute Gasteiger partial charge is 0.260 e. The van der Waals surface area contributed by atoms with Gasteiger partial charge in [0.2, 0.25) is 5.88 Å². The first-order valence-corrected chi connectivity index (χ1v) is 7.66. The molecule has 1 heterocycles. The van der Waals surface area contributed by atoms with Gasteiger partial charge in [-0.1, -0.05) is 25.1 Å². The minimum atomic E-state index is -0.591. The third kappa shape index (κ3) is 4.07. The van der Waals surface area contributed by atoms with Crippen molar-refractivity contribution in [1.29, 1.82) is 0 Å². The Morgan fingerprint density at radius 3 is 2.81 bits per heavy atom. The molecule has 2 aromatic rings. The van der Waals surface area contributed by atoms with E-state index in [-0.39, 0.29) is 5.91 Å². The molecule has 0 radical (unpaired) electrons. The van der Waals surface area contributed by atoms with Crippen LogP contribution in [0.4, 0.5) is 0 Å². The Hall–Kier alpha value is -1.82. The van der Waals surface area contributed by atoms with Gasteiger partial charge >= 0.3 is 0 Å². The largest absolute Gasteiger partial charge is 0.463 e. The summed E-state index contributed by atoms with van der Waals surface area (Å²) in [7, 11) is 0. The molecular formula is C15H18BrN3O2. The van der Waals surface area contributed by atoms with Crippen LogP contribution in [0.15, 0.2) is 41.0 Å². The van der Waals surface area contributed by atoms with E-state index in [4.69, 9.17) is 4.74 Å². The minimum absolute atomic E-state index is 0.141. The van der Waals surface area contributed by atoms with Crippen LogP contribution in [0, 0.1) is 0 Å². The number of ether oxygens (including phenoxy) is 1. The topological polar surface area (TPSA) is 56.1 Å². The van der Waals surface area contributed by atoms with Crippen LogP contribution >= 0.6 is 15.9 Å². The lowest BCUT2D eigenvalue weighted by molar-refractivity contribution is -0.127. The maximum absolute atomic E-state index is 11.8. The molecule has 0 spiro atoms. The Balaban J connectivity index is 2.08. The molecule has 0 saturated heterocycles. The van der Waals surface area contributed by atoms with Gasteiger partial charge in [-0.05, 0) is 41.4 Å². The van der Waals surface area contributed by atoms with Gasteiger partial charge < -0.3 is 10.1 Å². The van der Waals surface area contributed by atoms with Crippen molar-refractivity contribution in [1.82, 2.24) is 15.1 Å². The first kappa shape index (κ1) is 15.6. The highest BCUT2D eigenvalue weighted by atomic mass is 79.9. The number of amides is 1. The van der Waals surface area contributed by atoms with Gasteiger partial charge in [-0.2, -0.15) is 0 Å². The van der Waals surface area contributed by atoms with Crippen LogP contribution in [0.2, 0.25) is 0 Å². The lowest BCUT2D eigenvalue weighted by Crippen LogP contribution is -2.36. The standard InChI is InChI=1S/C15H18BrN3O2/c1-3-9-17-14(20)11(2)21-15-13(16)10-19(18-15)12-7-5-4-6-8-12/h4-8,10-11H,3,9H2,1-2H3,(H,17,20). The number of carbonyl (C=O) groups is 1. The zero-order valence-electron chi connectivity index (χ0n) is 12.0. The van der Waals surface area contributed by atoms with Crippen LogP contribution in [0.5, 0.6) is 5.88 Å². The molecule has 1 aromatic heterocycles. The number of hydrogen-bond acceptors (Lipinski definition) is 3. The number of hydrogen-bond donors (Lipinski definition) is 1. The van der Waals surface area contributed by atoms with E-state index in [1.165, 1.54) is 0 Å². The molecule has 0 aliphatic rings. The highest BCUT2D eigenvalue weighted by Gasteiger charge is 2.18. The molecule has 2 rings (SSSR count). The SMILES string of the molecule is CCCNC(=O)C(C)Oc1nn(-c2ccccc2)cc1Br. The normalized spacial score (nSPS) is 12.0. The average molecular weight is 352 g/mol. The molecule has 0 bridgehead atoms. The molecular weight excluding hydrogens is 334 g/mol.